The Labute approximate surface area is 101 Å². The third-order valence-corrected chi connectivity index (χ3v) is 2.75. The zero-order valence-corrected chi connectivity index (χ0v) is 9.79. The highest BCUT2D eigenvalue weighted by molar-refractivity contribution is 7.71. The first-order chi connectivity index (χ1) is 7.16. The molecule has 1 aromatic heterocycles. The second-order valence-corrected chi connectivity index (χ2v) is 4.07. The first kappa shape index (κ1) is 10.7. The van der Waals surface area contributed by atoms with E-state index in [1.807, 2.05) is 0 Å². The van der Waals surface area contributed by atoms with Gasteiger partial charge in [-0.1, -0.05) is 29.3 Å². The molecule has 0 atom stereocenters. The smallest absolute Gasteiger partial charge is 0.284 e. The van der Waals surface area contributed by atoms with Crippen LogP contribution >= 0.6 is 35.4 Å². The molecule has 15 heavy (non-hydrogen) atoms. The summed E-state index contributed by atoms with van der Waals surface area (Å²) in [6.45, 7) is 0. The van der Waals surface area contributed by atoms with Crippen LogP contribution < -0.4 is 0 Å². The minimum absolute atomic E-state index is 0.244. The second kappa shape index (κ2) is 4.35. The molecule has 0 aliphatic heterocycles. The molecule has 6 heteroatoms. The van der Waals surface area contributed by atoms with E-state index in [2.05, 4.69) is 10.2 Å². The van der Waals surface area contributed by atoms with Gasteiger partial charge in [0.25, 0.3) is 4.84 Å². The number of rotatable bonds is 2. The molecule has 1 N–H and O–H groups in total. The van der Waals surface area contributed by atoms with Crippen LogP contribution in [0.1, 0.15) is 11.5 Å². The van der Waals surface area contributed by atoms with Crippen LogP contribution in [0.3, 0.4) is 0 Å². The van der Waals surface area contributed by atoms with Crippen molar-refractivity contribution in [1.82, 2.24) is 10.2 Å². The molecule has 3 nitrogen and oxygen atoms in total. The molecule has 0 aliphatic rings. The lowest BCUT2D eigenvalue weighted by Crippen LogP contribution is -1.91. The Balaban J connectivity index is 2.35. The number of nitrogens with zero attached hydrogens (tertiary/aromatic N) is 1. The van der Waals surface area contributed by atoms with E-state index in [-0.39, 0.29) is 4.84 Å². The van der Waals surface area contributed by atoms with Crippen LogP contribution in [0.2, 0.25) is 10.0 Å². The van der Waals surface area contributed by atoms with Crippen molar-refractivity contribution < 1.29 is 4.42 Å². The number of aromatic amines is 1. The molecule has 0 radical (unpaired) electrons. The summed E-state index contributed by atoms with van der Waals surface area (Å²) in [5, 5.41) is 7.60. The van der Waals surface area contributed by atoms with Crippen LogP contribution in [0.25, 0.3) is 0 Å². The predicted molar refractivity (Wildman–Crippen MR) is 61.0 cm³/mol. The summed E-state index contributed by atoms with van der Waals surface area (Å²) in [7, 11) is 0. The van der Waals surface area contributed by atoms with Crippen LogP contribution in [-0.2, 0) is 6.42 Å². The summed E-state index contributed by atoms with van der Waals surface area (Å²) in [6, 6.07) is 5.32. The molecule has 0 amide bonds. The van der Waals surface area contributed by atoms with Crippen LogP contribution in [0.5, 0.6) is 0 Å². The summed E-state index contributed by atoms with van der Waals surface area (Å²) in [5.74, 6) is 0.468. The maximum atomic E-state index is 6.00. The number of halogens is 2. The van der Waals surface area contributed by atoms with Crippen molar-refractivity contribution in [1.29, 1.82) is 0 Å². The lowest BCUT2D eigenvalue weighted by molar-refractivity contribution is 0.491. The average molecular weight is 261 g/mol. The Bertz CT molecular complexity index is 515. The maximum Gasteiger partial charge on any atom is 0.284 e. The number of nitrogens with one attached hydrogen (secondary N) is 1. The third-order valence-electron chi connectivity index (χ3n) is 1.87. The molecule has 1 aromatic carbocycles. The quantitative estimate of drug-likeness (QED) is 0.839. The van der Waals surface area contributed by atoms with E-state index in [1.54, 1.807) is 18.2 Å². The number of hydrogen-bond acceptors (Lipinski definition) is 3. The van der Waals surface area contributed by atoms with E-state index in [4.69, 9.17) is 39.8 Å². The number of aromatic nitrogens is 2. The molecule has 0 bridgehead atoms. The fourth-order valence-electron chi connectivity index (χ4n) is 1.19. The molecular weight excluding hydrogens is 255 g/mol. The minimum Gasteiger partial charge on any atom is -0.414 e. The number of hydrogen-bond donors (Lipinski definition) is 1. The van der Waals surface area contributed by atoms with Crippen molar-refractivity contribution in [2.24, 2.45) is 0 Å². The fourth-order valence-corrected chi connectivity index (χ4v) is 1.86. The fraction of sp³-hybridized carbons (Fsp3) is 0.111. The van der Waals surface area contributed by atoms with Gasteiger partial charge in [-0.2, -0.15) is 0 Å². The van der Waals surface area contributed by atoms with E-state index < -0.39 is 0 Å². The number of benzene rings is 1. The first-order valence-electron chi connectivity index (χ1n) is 4.14. The lowest BCUT2D eigenvalue weighted by Gasteiger charge is -2.02. The average Bonchev–Trinajstić information content (AvgIpc) is 2.58. The molecule has 78 valence electrons. The van der Waals surface area contributed by atoms with Gasteiger partial charge in [0.1, 0.15) is 0 Å². The minimum atomic E-state index is 0.244. The zero-order chi connectivity index (χ0) is 10.8. The van der Waals surface area contributed by atoms with Crippen molar-refractivity contribution in [3.05, 3.63) is 44.5 Å². The van der Waals surface area contributed by atoms with E-state index in [1.165, 1.54) is 0 Å². The van der Waals surface area contributed by atoms with E-state index >= 15 is 0 Å². The molecule has 0 aliphatic carbocycles. The van der Waals surface area contributed by atoms with Gasteiger partial charge in [-0.3, -0.25) is 0 Å². The summed E-state index contributed by atoms with van der Waals surface area (Å²) in [4.78, 5) is 0.244. The summed E-state index contributed by atoms with van der Waals surface area (Å²) < 4.78 is 5.13. The highest BCUT2D eigenvalue weighted by atomic mass is 35.5. The van der Waals surface area contributed by atoms with Crippen LogP contribution in [0.15, 0.2) is 22.6 Å². The normalized spacial score (nSPS) is 10.5. The van der Waals surface area contributed by atoms with Gasteiger partial charge < -0.3 is 4.42 Å². The van der Waals surface area contributed by atoms with Gasteiger partial charge in [0.05, 0.1) is 6.42 Å². The van der Waals surface area contributed by atoms with Gasteiger partial charge in [0, 0.05) is 10.0 Å². The summed E-state index contributed by atoms with van der Waals surface area (Å²) in [6.07, 6.45) is 0.422. The van der Waals surface area contributed by atoms with Crippen molar-refractivity contribution in [2.75, 3.05) is 0 Å². The Morgan fingerprint density at radius 3 is 2.53 bits per heavy atom. The molecule has 2 aromatic rings. The highest BCUT2D eigenvalue weighted by Gasteiger charge is 2.09. The molecule has 0 saturated carbocycles. The maximum absolute atomic E-state index is 6.00. The third kappa shape index (κ3) is 2.40. The Hall–Kier alpha value is -0.840. The lowest BCUT2D eigenvalue weighted by atomic mass is 10.1. The largest absolute Gasteiger partial charge is 0.414 e. The van der Waals surface area contributed by atoms with Crippen molar-refractivity contribution in [3.63, 3.8) is 0 Å². The van der Waals surface area contributed by atoms with Crippen LogP contribution in [0, 0.1) is 4.84 Å². The molecule has 1 heterocycles. The SMILES string of the molecule is S=c1[nH]nc(Cc2c(Cl)cccc2Cl)o1. The molecule has 0 saturated heterocycles. The Kier molecular flexibility index (Phi) is 3.09. The topological polar surface area (TPSA) is 41.8 Å². The summed E-state index contributed by atoms with van der Waals surface area (Å²) >= 11 is 16.8. The van der Waals surface area contributed by atoms with Gasteiger partial charge in [-0.05, 0) is 29.9 Å². The highest BCUT2D eigenvalue weighted by Crippen LogP contribution is 2.26. The van der Waals surface area contributed by atoms with Gasteiger partial charge in [-0.15, -0.1) is 5.10 Å². The van der Waals surface area contributed by atoms with Gasteiger partial charge in [-0.25, -0.2) is 5.10 Å². The zero-order valence-electron chi connectivity index (χ0n) is 7.46. The monoisotopic (exact) mass is 260 g/mol. The second-order valence-electron chi connectivity index (χ2n) is 2.88. The van der Waals surface area contributed by atoms with Gasteiger partial charge >= 0.3 is 0 Å². The van der Waals surface area contributed by atoms with E-state index in [0.717, 1.165) is 5.56 Å². The Morgan fingerprint density at radius 1 is 1.33 bits per heavy atom. The van der Waals surface area contributed by atoms with Gasteiger partial charge in [0.15, 0.2) is 0 Å². The molecule has 0 unspecified atom stereocenters. The molecule has 0 spiro atoms. The standard InChI is InChI=1S/C9H6Cl2N2OS/c10-6-2-1-3-7(11)5(6)4-8-12-13-9(15)14-8/h1-3H,4H2,(H,13,15). The summed E-state index contributed by atoms with van der Waals surface area (Å²) in [5.41, 5.74) is 0.783. The van der Waals surface area contributed by atoms with Crippen molar-refractivity contribution in [3.8, 4) is 0 Å². The molecular formula is C9H6Cl2N2OS. The van der Waals surface area contributed by atoms with E-state index in [0.29, 0.717) is 22.4 Å². The van der Waals surface area contributed by atoms with Crippen molar-refractivity contribution >= 4 is 35.4 Å². The Morgan fingerprint density at radius 2 is 2.00 bits per heavy atom. The first-order valence-corrected chi connectivity index (χ1v) is 5.30. The van der Waals surface area contributed by atoms with E-state index in [9.17, 15) is 0 Å². The van der Waals surface area contributed by atoms with Crippen molar-refractivity contribution in [2.45, 2.75) is 6.42 Å². The molecule has 0 fully saturated rings. The van der Waals surface area contributed by atoms with Crippen LogP contribution in [0.4, 0.5) is 0 Å². The van der Waals surface area contributed by atoms with Crippen LogP contribution in [-0.4, -0.2) is 10.2 Å². The number of H-pyrrole nitrogens is 1. The predicted octanol–water partition coefficient (Wildman–Crippen LogP) is 3.63. The molecule has 2 rings (SSSR count). The van der Waals surface area contributed by atoms with Gasteiger partial charge in [0.2, 0.25) is 5.89 Å².